The number of benzene rings is 1. The molecule has 7 nitrogen and oxygen atoms in total. The number of pyridine rings is 1. The second-order valence-electron chi connectivity index (χ2n) is 5.92. The summed E-state index contributed by atoms with van der Waals surface area (Å²) in [6.07, 6.45) is 1.68. The van der Waals surface area contributed by atoms with E-state index in [1.165, 1.54) is 6.92 Å². The molecule has 0 radical (unpaired) electrons. The highest BCUT2D eigenvalue weighted by Crippen LogP contribution is 2.31. The molecule has 0 unspecified atom stereocenters. The number of rotatable bonds is 5. The van der Waals surface area contributed by atoms with Crippen molar-refractivity contribution < 1.29 is 14.3 Å². The van der Waals surface area contributed by atoms with Crippen molar-refractivity contribution in [2.45, 2.75) is 19.9 Å². The number of carbonyl (C=O) groups excluding carboxylic acids is 2. The van der Waals surface area contributed by atoms with E-state index in [0.717, 1.165) is 11.2 Å². The topological polar surface area (TPSA) is 96.1 Å². The minimum atomic E-state index is -0.331. The Morgan fingerprint density at radius 3 is 2.69 bits per heavy atom. The van der Waals surface area contributed by atoms with E-state index in [2.05, 4.69) is 20.6 Å². The maximum atomic E-state index is 12.8. The molecule has 2 aromatic heterocycles. The average Bonchev–Trinajstić information content (AvgIpc) is 2.99. The van der Waals surface area contributed by atoms with E-state index < -0.39 is 0 Å². The van der Waals surface area contributed by atoms with E-state index >= 15 is 0 Å². The molecule has 3 aromatic rings. The zero-order valence-corrected chi connectivity index (χ0v) is 14.8. The van der Waals surface area contributed by atoms with Gasteiger partial charge < -0.3 is 20.4 Å². The van der Waals surface area contributed by atoms with Gasteiger partial charge in [0.2, 0.25) is 5.91 Å². The molecule has 134 valence electrons. The smallest absolute Gasteiger partial charge is 0.270 e. The maximum absolute atomic E-state index is 12.8. The average molecular weight is 352 g/mol. The van der Waals surface area contributed by atoms with E-state index in [9.17, 15) is 9.59 Å². The molecule has 2 heterocycles. The summed E-state index contributed by atoms with van der Waals surface area (Å²) in [6, 6.07) is 10.6. The first-order chi connectivity index (χ1) is 12.5. The number of nitrogens with one attached hydrogen (secondary N) is 3. The van der Waals surface area contributed by atoms with Gasteiger partial charge in [0.15, 0.2) is 0 Å². The SMILES string of the molecule is COc1ccc2[nH]c(C(=O)N[C@H](C)c3ccccn3)c(NC(C)=O)c2c1. The van der Waals surface area contributed by atoms with E-state index in [-0.39, 0.29) is 23.6 Å². The number of amides is 2. The van der Waals surface area contributed by atoms with Crippen molar-refractivity contribution in [1.29, 1.82) is 0 Å². The summed E-state index contributed by atoms with van der Waals surface area (Å²) in [5.74, 6) is 0.0412. The third-order valence-electron chi connectivity index (χ3n) is 4.01. The fourth-order valence-corrected chi connectivity index (χ4v) is 2.75. The highest BCUT2D eigenvalue weighted by Gasteiger charge is 2.21. The van der Waals surface area contributed by atoms with E-state index in [1.807, 2.05) is 25.1 Å². The summed E-state index contributed by atoms with van der Waals surface area (Å²) >= 11 is 0. The molecule has 0 aliphatic heterocycles. The molecule has 0 aliphatic rings. The fraction of sp³-hybridized carbons (Fsp3) is 0.211. The van der Waals surface area contributed by atoms with E-state index in [4.69, 9.17) is 4.74 Å². The molecule has 0 saturated heterocycles. The van der Waals surface area contributed by atoms with Crippen molar-refractivity contribution in [2.24, 2.45) is 0 Å². The van der Waals surface area contributed by atoms with Crippen molar-refractivity contribution in [2.75, 3.05) is 12.4 Å². The van der Waals surface area contributed by atoms with Crippen LogP contribution in [-0.2, 0) is 4.79 Å². The van der Waals surface area contributed by atoms with Gasteiger partial charge in [-0.25, -0.2) is 0 Å². The number of aromatic nitrogens is 2. The van der Waals surface area contributed by atoms with Gasteiger partial charge in [0.25, 0.3) is 5.91 Å². The third kappa shape index (κ3) is 3.51. The normalized spacial score (nSPS) is 11.8. The summed E-state index contributed by atoms with van der Waals surface area (Å²) in [5.41, 5.74) is 2.19. The fourth-order valence-electron chi connectivity index (χ4n) is 2.75. The number of anilines is 1. The molecule has 1 atom stereocenters. The molecule has 3 N–H and O–H groups in total. The van der Waals surface area contributed by atoms with Gasteiger partial charge in [-0.2, -0.15) is 0 Å². The van der Waals surface area contributed by atoms with Gasteiger partial charge in [0, 0.05) is 24.0 Å². The van der Waals surface area contributed by atoms with Crippen molar-refractivity contribution in [1.82, 2.24) is 15.3 Å². The minimum Gasteiger partial charge on any atom is -0.497 e. The quantitative estimate of drug-likeness (QED) is 0.658. The van der Waals surface area contributed by atoms with Crippen LogP contribution in [0.2, 0.25) is 0 Å². The Bertz CT molecular complexity index is 950. The Morgan fingerprint density at radius 2 is 2.04 bits per heavy atom. The lowest BCUT2D eigenvalue weighted by atomic mass is 10.2. The predicted octanol–water partition coefficient (Wildman–Crippen LogP) is 3.02. The lowest BCUT2D eigenvalue weighted by molar-refractivity contribution is -0.114. The summed E-state index contributed by atoms with van der Waals surface area (Å²) < 4.78 is 5.24. The van der Waals surface area contributed by atoms with Gasteiger partial charge in [0.05, 0.1) is 24.5 Å². The molecule has 1 aromatic carbocycles. The Morgan fingerprint density at radius 1 is 1.23 bits per heavy atom. The van der Waals surface area contributed by atoms with Crippen molar-refractivity contribution >= 4 is 28.4 Å². The molecule has 0 spiro atoms. The largest absolute Gasteiger partial charge is 0.497 e. The Hall–Kier alpha value is -3.35. The number of fused-ring (bicyclic) bond motifs is 1. The van der Waals surface area contributed by atoms with Crippen LogP contribution in [0.1, 0.15) is 36.1 Å². The van der Waals surface area contributed by atoms with Crippen molar-refractivity contribution in [3.63, 3.8) is 0 Å². The molecule has 0 bridgehead atoms. The van der Waals surface area contributed by atoms with Crippen LogP contribution in [0.5, 0.6) is 5.75 Å². The first kappa shape index (κ1) is 17.5. The Labute approximate surface area is 150 Å². The lowest BCUT2D eigenvalue weighted by Crippen LogP contribution is -2.28. The minimum absolute atomic E-state index is 0.263. The molecule has 0 fully saturated rings. The standard InChI is InChI=1S/C19H20N4O3/c1-11(15-6-4-5-9-20-15)21-19(25)18-17(22-12(2)24)14-10-13(26-3)7-8-16(14)23-18/h4-11,23H,1-3H3,(H,21,25)(H,22,24)/t11-/m1/s1. The number of H-pyrrole nitrogens is 1. The van der Waals surface area contributed by atoms with Crippen LogP contribution in [0.3, 0.4) is 0 Å². The summed E-state index contributed by atoms with van der Waals surface area (Å²) in [5, 5.41) is 6.34. The van der Waals surface area contributed by atoms with Crippen LogP contribution in [0.15, 0.2) is 42.6 Å². The number of nitrogens with zero attached hydrogens (tertiary/aromatic N) is 1. The molecule has 7 heteroatoms. The van der Waals surface area contributed by atoms with Crippen LogP contribution in [0.4, 0.5) is 5.69 Å². The van der Waals surface area contributed by atoms with Gasteiger partial charge in [-0.15, -0.1) is 0 Å². The van der Waals surface area contributed by atoms with E-state index in [1.54, 1.807) is 31.5 Å². The molecule has 0 saturated carbocycles. The third-order valence-corrected chi connectivity index (χ3v) is 4.01. The second-order valence-corrected chi connectivity index (χ2v) is 5.92. The summed E-state index contributed by atoms with van der Waals surface area (Å²) in [4.78, 5) is 31.8. The highest BCUT2D eigenvalue weighted by molar-refractivity contribution is 6.12. The molecule has 3 rings (SSSR count). The monoisotopic (exact) mass is 352 g/mol. The molecule has 0 aliphatic carbocycles. The van der Waals surface area contributed by atoms with Gasteiger partial charge in [-0.3, -0.25) is 14.6 Å². The van der Waals surface area contributed by atoms with E-state index in [0.29, 0.717) is 16.8 Å². The van der Waals surface area contributed by atoms with Crippen molar-refractivity contribution in [3.05, 3.63) is 54.0 Å². The van der Waals surface area contributed by atoms with Crippen LogP contribution >= 0.6 is 0 Å². The number of carbonyl (C=O) groups is 2. The molecular weight excluding hydrogens is 332 g/mol. The number of methoxy groups -OCH3 is 1. The number of aromatic amines is 1. The maximum Gasteiger partial charge on any atom is 0.270 e. The van der Waals surface area contributed by atoms with Gasteiger partial charge >= 0.3 is 0 Å². The van der Waals surface area contributed by atoms with Crippen LogP contribution in [0, 0.1) is 0 Å². The van der Waals surface area contributed by atoms with Crippen LogP contribution in [-0.4, -0.2) is 28.9 Å². The Balaban J connectivity index is 1.97. The molecule has 26 heavy (non-hydrogen) atoms. The zero-order valence-electron chi connectivity index (χ0n) is 14.8. The second kappa shape index (κ2) is 7.26. The summed E-state index contributed by atoms with van der Waals surface area (Å²) in [6.45, 7) is 3.25. The highest BCUT2D eigenvalue weighted by atomic mass is 16.5. The molecule has 2 amide bonds. The number of hydrogen-bond donors (Lipinski definition) is 3. The van der Waals surface area contributed by atoms with Gasteiger partial charge in [-0.05, 0) is 37.3 Å². The number of ether oxygens (including phenoxy) is 1. The Kier molecular flexibility index (Phi) is 4.88. The first-order valence-electron chi connectivity index (χ1n) is 8.18. The first-order valence-corrected chi connectivity index (χ1v) is 8.18. The predicted molar refractivity (Wildman–Crippen MR) is 99.3 cm³/mol. The van der Waals surface area contributed by atoms with Crippen LogP contribution < -0.4 is 15.4 Å². The van der Waals surface area contributed by atoms with Gasteiger partial charge in [-0.1, -0.05) is 6.07 Å². The summed E-state index contributed by atoms with van der Waals surface area (Å²) in [7, 11) is 1.56. The van der Waals surface area contributed by atoms with Gasteiger partial charge in [0.1, 0.15) is 11.4 Å². The number of hydrogen-bond acceptors (Lipinski definition) is 4. The molecular formula is C19H20N4O3. The lowest BCUT2D eigenvalue weighted by Gasteiger charge is -2.13. The van der Waals surface area contributed by atoms with Crippen LogP contribution in [0.25, 0.3) is 10.9 Å². The van der Waals surface area contributed by atoms with Crippen molar-refractivity contribution in [3.8, 4) is 5.75 Å². The zero-order chi connectivity index (χ0) is 18.7.